The van der Waals surface area contributed by atoms with E-state index in [0.29, 0.717) is 17.9 Å². The summed E-state index contributed by atoms with van der Waals surface area (Å²) < 4.78 is 5.51. The number of nitriles is 1. The van der Waals surface area contributed by atoms with Crippen molar-refractivity contribution in [3.8, 4) is 11.8 Å². The Labute approximate surface area is 102 Å². The lowest BCUT2D eigenvalue weighted by Gasteiger charge is -2.09. The molecular formula is C12H16N2OS. The Morgan fingerprint density at radius 2 is 2.06 bits per heavy atom. The second kappa shape index (κ2) is 7.15. The molecule has 1 atom stereocenters. The Morgan fingerprint density at radius 3 is 2.62 bits per heavy atom. The van der Waals surface area contributed by atoms with E-state index < -0.39 is 0 Å². The van der Waals surface area contributed by atoms with Gasteiger partial charge in [-0.05, 0) is 37.1 Å². The summed E-state index contributed by atoms with van der Waals surface area (Å²) in [6, 6.07) is 9.30. The number of thiol groups is 1. The standard InChI is InChI=1S/C12H16N2OS/c13-8-10-3-5-12(6-4-10)15-7-1-2-11(14)9-16/h3-6,11,16H,1-2,7,9,14H2/t11-/m0/s1. The van der Waals surface area contributed by atoms with E-state index in [4.69, 9.17) is 15.7 Å². The van der Waals surface area contributed by atoms with Crippen LogP contribution >= 0.6 is 12.6 Å². The number of nitrogens with two attached hydrogens (primary N) is 1. The molecule has 0 aliphatic carbocycles. The van der Waals surface area contributed by atoms with E-state index in [1.54, 1.807) is 24.3 Å². The molecule has 0 aliphatic heterocycles. The molecule has 3 nitrogen and oxygen atoms in total. The third kappa shape index (κ3) is 4.56. The van der Waals surface area contributed by atoms with Crippen LogP contribution in [0.25, 0.3) is 0 Å². The summed E-state index contributed by atoms with van der Waals surface area (Å²) in [7, 11) is 0. The fourth-order valence-electron chi connectivity index (χ4n) is 1.25. The Kier molecular flexibility index (Phi) is 5.76. The summed E-state index contributed by atoms with van der Waals surface area (Å²) in [6.45, 7) is 0.646. The van der Waals surface area contributed by atoms with Gasteiger partial charge in [-0.1, -0.05) is 0 Å². The number of hydrogen-bond donors (Lipinski definition) is 2. The summed E-state index contributed by atoms with van der Waals surface area (Å²) in [6.07, 6.45) is 1.83. The molecule has 0 saturated heterocycles. The van der Waals surface area contributed by atoms with E-state index in [9.17, 15) is 0 Å². The molecule has 86 valence electrons. The fraction of sp³-hybridized carbons (Fsp3) is 0.417. The quantitative estimate of drug-likeness (QED) is 0.586. The molecule has 0 aromatic heterocycles. The lowest BCUT2D eigenvalue weighted by Crippen LogP contribution is -2.22. The van der Waals surface area contributed by atoms with E-state index in [1.807, 2.05) is 0 Å². The van der Waals surface area contributed by atoms with E-state index >= 15 is 0 Å². The van der Waals surface area contributed by atoms with Gasteiger partial charge in [-0.3, -0.25) is 0 Å². The molecule has 0 aliphatic rings. The second-order valence-electron chi connectivity index (χ2n) is 3.57. The zero-order chi connectivity index (χ0) is 11.8. The molecule has 4 heteroatoms. The molecule has 0 unspecified atom stereocenters. The monoisotopic (exact) mass is 236 g/mol. The summed E-state index contributed by atoms with van der Waals surface area (Å²) in [4.78, 5) is 0. The minimum absolute atomic E-state index is 0.146. The molecule has 0 spiro atoms. The lowest BCUT2D eigenvalue weighted by molar-refractivity contribution is 0.303. The average Bonchev–Trinajstić information content (AvgIpc) is 2.35. The molecule has 1 aromatic carbocycles. The SMILES string of the molecule is N#Cc1ccc(OCCC[C@H](N)CS)cc1. The molecule has 0 fully saturated rings. The maximum absolute atomic E-state index is 8.62. The van der Waals surface area contributed by atoms with Crippen molar-refractivity contribution in [1.29, 1.82) is 5.26 Å². The molecular weight excluding hydrogens is 220 g/mol. The summed E-state index contributed by atoms with van der Waals surface area (Å²) in [5.74, 6) is 1.50. The van der Waals surface area contributed by atoms with Crippen molar-refractivity contribution in [2.75, 3.05) is 12.4 Å². The highest BCUT2D eigenvalue weighted by Gasteiger charge is 1.99. The minimum Gasteiger partial charge on any atom is -0.494 e. The smallest absolute Gasteiger partial charge is 0.119 e. The van der Waals surface area contributed by atoms with Crippen molar-refractivity contribution in [1.82, 2.24) is 0 Å². The highest BCUT2D eigenvalue weighted by atomic mass is 32.1. The number of hydrogen-bond acceptors (Lipinski definition) is 4. The van der Waals surface area contributed by atoms with Gasteiger partial charge < -0.3 is 10.5 Å². The molecule has 16 heavy (non-hydrogen) atoms. The highest BCUT2D eigenvalue weighted by Crippen LogP contribution is 2.12. The topological polar surface area (TPSA) is 59.0 Å². The first kappa shape index (κ1) is 12.9. The zero-order valence-electron chi connectivity index (χ0n) is 9.10. The molecule has 0 heterocycles. The predicted molar refractivity (Wildman–Crippen MR) is 67.7 cm³/mol. The van der Waals surface area contributed by atoms with Gasteiger partial charge in [0.05, 0.1) is 18.2 Å². The third-order valence-corrected chi connectivity index (χ3v) is 2.67. The van der Waals surface area contributed by atoms with Crippen molar-refractivity contribution in [2.24, 2.45) is 5.73 Å². The summed E-state index contributed by atoms with van der Waals surface area (Å²) in [5.41, 5.74) is 6.37. The van der Waals surface area contributed by atoms with Gasteiger partial charge in [-0.25, -0.2) is 0 Å². The van der Waals surface area contributed by atoms with Crippen LogP contribution in [0.15, 0.2) is 24.3 Å². The normalized spacial score (nSPS) is 11.8. The lowest BCUT2D eigenvalue weighted by atomic mass is 10.2. The molecule has 0 radical (unpaired) electrons. The maximum Gasteiger partial charge on any atom is 0.119 e. The number of ether oxygens (including phenoxy) is 1. The molecule has 0 amide bonds. The van der Waals surface area contributed by atoms with Gasteiger partial charge in [0, 0.05) is 11.8 Å². The fourth-order valence-corrected chi connectivity index (χ4v) is 1.44. The Bertz CT molecular complexity index is 345. The highest BCUT2D eigenvalue weighted by molar-refractivity contribution is 7.80. The average molecular weight is 236 g/mol. The van der Waals surface area contributed by atoms with Crippen LogP contribution in [0.3, 0.4) is 0 Å². The minimum atomic E-state index is 0.146. The largest absolute Gasteiger partial charge is 0.494 e. The van der Waals surface area contributed by atoms with Gasteiger partial charge in [0.1, 0.15) is 5.75 Å². The van der Waals surface area contributed by atoms with Crippen LogP contribution < -0.4 is 10.5 Å². The van der Waals surface area contributed by atoms with Gasteiger partial charge in [-0.2, -0.15) is 17.9 Å². The Balaban J connectivity index is 2.25. The van der Waals surface area contributed by atoms with Gasteiger partial charge in [0.15, 0.2) is 0 Å². The molecule has 1 aromatic rings. The van der Waals surface area contributed by atoms with Gasteiger partial charge in [0.25, 0.3) is 0 Å². The van der Waals surface area contributed by atoms with Crippen LogP contribution in [0, 0.1) is 11.3 Å². The van der Waals surface area contributed by atoms with E-state index in [2.05, 4.69) is 18.7 Å². The van der Waals surface area contributed by atoms with Crippen molar-refractivity contribution in [3.05, 3.63) is 29.8 Å². The maximum atomic E-state index is 8.62. The first-order valence-corrected chi connectivity index (χ1v) is 5.89. The van der Waals surface area contributed by atoms with Crippen molar-refractivity contribution < 1.29 is 4.74 Å². The molecule has 2 N–H and O–H groups in total. The number of rotatable bonds is 6. The number of benzene rings is 1. The van der Waals surface area contributed by atoms with Crippen LogP contribution in [0.4, 0.5) is 0 Å². The van der Waals surface area contributed by atoms with E-state index in [1.165, 1.54) is 0 Å². The van der Waals surface area contributed by atoms with Crippen LogP contribution in [-0.4, -0.2) is 18.4 Å². The van der Waals surface area contributed by atoms with Gasteiger partial charge in [0.2, 0.25) is 0 Å². The van der Waals surface area contributed by atoms with Crippen LogP contribution in [0.5, 0.6) is 5.75 Å². The van der Waals surface area contributed by atoms with Gasteiger partial charge in [-0.15, -0.1) is 0 Å². The second-order valence-corrected chi connectivity index (χ2v) is 3.93. The van der Waals surface area contributed by atoms with Crippen LogP contribution in [-0.2, 0) is 0 Å². The van der Waals surface area contributed by atoms with Crippen LogP contribution in [0.1, 0.15) is 18.4 Å². The first-order valence-electron chi connectivity index (χ1n) is 5.25. The van der Waals surface area contributed by atoms with E-state index in [-0.39, 0.29) is 6.04 Å². The first-order chi connectivity index (χ1) is 7.76. The molecule has 1 rings (SSSR count). The van der Waals surface area contributed by atoms with Crippen molar-refractivity contribution in [2.45, 2.75) is 18.9 Å². The van der Waals surface area contributed by atoms with Gasteiger partial charge >= 0.3 is 0 Å². The van der Waals surface area contributed by atoms with Crippen molar-refractivity contribution >= 4 is 12.6 Å². The molecule has 0 bridgehead atoms. The number of nitrogens with zero attached hydrogens (tertiary/aromatic N) is 1. The summed E-state index contributed by atoms with van der Waals surface area (Å²) >= 11 is 4.11. The third-order valence-electron chi connectivity index (χ3n) is 2.21. The Morgan fingerprint density at radius 1 is 1.38 bits per heavy atom. The van der Waals surface area contributed by atoms with Crippen LogP contribution in [0.2, 0.25) is 0 Å². The zero-order valence-corrected chi connectivity index (χ0v) is 9.99. The van der Waals surface area contributed by atoms with Crippen molar-refractivity contribution in [3.63, 3.8) is 0 Å². The van der Waals surface area contributed by atoms with E-state index in [0.717, 1.165) is 18.6 Å². The summed E-state index contributed by atoms with van der Waals surface area (Å²) in [5, 5.41) is 8.62. The molecule has 0 saturated carbocycles. The Hall–Kier alpha value is -1.18. The predicted octanol–water partition coefficient (Wildman–Crippen LogP) is 1.97.